The smallest absolute Gasteiger partial charge is 0.159 e. The Hall–Kier alpha value is -0.410. The number of aliphatic hydroxyl groups is 1. The molecule has 0 unspecified atom stereocenters. The second-order valence-corrected chi connectivity index (χ2v) is 2.13. The Balaban J connectivity index is 3.72. The van der Waals surface area contributed by atoms with Crippen molar-refractivity contribution in [2.75, 3.05) is 0 Å². The second-order valence-electron chi connectivity index (χ2n) is 2.13. The third-order valence-corrected chi connectivity index (χ3v) is 1.29. The molecule has 0 bridgehead atoms. The Labute approximate surface area is 54.9 Å². The number of hydrogen-bond donors (Lipinski definition) is 2. The van der Waals surface area contributed by atoms with E-state index in [1.165, 1.54) is 6.92 Å². The predicted octanol–water partition coefficient (Wildman–Crippen LogP) is -0.326. The lowest BCUT2D eigenvalue weighted by Crippen LogP contribution is -2.38. The highest BCUT2D eigenvalue weighted by Gasteiger charge is 2.16. The maximum absolute atomic E-state index is 10.4. The van der Waals surface area contributed by atoms with Crippen molar-refractivity contribution in [2.45, 2.75) is 32.4 Å². The normalized spacial score (nSPS) is 16.9. The van der Waals surface area contributed by atoms with E-state index in [1.54, 1.807) is 0 Å². The minimum atomic E-state index is -0.977. The van der Waals surface area contributed by atoms with E-state index in [1.807, 2.05) is 6.92 Å². The quantitative estimate of drug-likeness (QED) is 0.551. The third kappa shape index (κ3) is 2.58. The molecule has 0 amide bonds. The number of hydrogen-bond acceptors (Lipinski definition) is 3. The van der Waals surface area contributed by atoms with Crippen LogP contribution in [0.5, 0.6) is 0 Å². The second kappa shape index (κ2) is 3.58. The van der Waals surface area contributed by atoms with Gasteiger partial charge in [-0.1, -0.05) is 6.92 Å². The van der Waals surface area contributed by atoms with Crippen molar-refractivity contribution in [1.29, 1.82) is 0 Å². The van der Waals surface area contributed by atoms with Gasteiger partial charge >= 0.3 is 0 Å². The number of aliphatic hydroxyl groups excluding tert-OH is 1. The Morgan fingerprint density at radius 2 is 2.22 bits per heavy atom. The zero-order valence-corrected chi connectivity index (χ0v) is 5.79. The molecule has 0 aromatic heterocycles. The number of carbonyl (C=O) groups excluding carboxylic acids is 1. The molecule has 0 aliphatic heterocycles. The van der Waals surface area contributed by atoms with E-state index in [2.05, 4.69) is 0 Å². The van der Waals surface area contributed by atoms with Crippen LogP contribution in [0.2, 0.25) is 0 Å². The van der Waals surface area contributed by atoms with Gasteiger partial charge in [-0.25, -0.2) is 0 Å². The first kappa shape index (κ1) is 8.59. The number of ketones is 1. The number of nitrogens with two attached hydrogens (primary N) is 1. The molecule has 0 spiro atoms. The van der Waals surface area contributed by atoms with Crippen molar-refractivity contribution >= 4 is 5.78 Å². The molecule has 0 radical (unpaired) electrons. The van der Waals surface area contributed by atoms with Gasteiger partial charge in [0.25, 0.3) is 0 Å². The van der Waals surface area contributed by atoms with Gasteiger partial charge in [0.05, 0.1) is 0 Å². The van der Waals surface area contributed by atoms with Crippen LogP contribution in [0.15, 0.2) is 0 Å². The molecule has 0 aliphatic carbocycles. The van der Waals surface area contributed by atoms with Crippen LogP contribution in [-0.2, 0) is 4.79 Å². The van der Waals surface area contributed by atoms with Gasteiger partial charge in [-0.3, -0.25) is 4.79 Å². The van der Waals surface area contributed by atoms with Gasteiger partial charge in [-0.05, 0) is 13.3 Å². The van der Waals surface area contributed by atoms with Crippen LogP contribution >= 0.6 is 0 Å². The summed E-state index contributed by atoms with van der Waals surface area (Å²) in [5.41, 5.74) is 5.35. The highest BCUT2D eigenvalue weighted by molar-refractivity contribution is 5.80. The van der Waals surface area contributed by atoms with Crippen molar-refractivity contribution in [1.82, 2.24) is 0 Å². The molecule has 9 heavy (non-hydrogen) atoms. The van der Waals surface area contributed by atoms with Gasteiger partial charge in [0.1, 0.15) is 6.10 Å². The Kier molecular flexibility index (Phi) is 3.42. The molecule has 2 atom stereocenters. The summed E-state index contributed by atoms with van der Waals surface area (Å²) in [5.74, 6) is -0.260. The maximum Gasteiger partial charge on any atom is 0.159 e. The van der Waals surface area contributed by atoms with E-state index in [4.69, 9.17) is 10.8 Å². The van der Waals surface area contributed by atoms with Crippen LogP contribution in [0.3, 0.4) is 0 Å². The number of rotatable bonds is 3. The molecule has 3 N–H and O–H groups in total. The van der Waals surface area contributed by atoms with Crippen LogP contribution in [0.1, 0.15) is 20.3 Å². The average Bonchev–Trinajstić information content (AvgIpc) is 1.84. The van der Waals surface area contributed by atoms with Crippen molar-refractivity contribution in [2.24, 2.45) is 5.73 Å². The first-order valence-corrected chi connectivity index (χ1v) is 3.03. The predicted molar refractivity (Wildman–Crippen MR) is 35.0 cm³/mol. The SMILES string of the molecule is CC[C@H](N)[C@@H](O)C(C)=O. The fourth-order valence-corrected chi connectivity index (χ4v) is 0.525. The van der Waals surface area contributed by atoms with Crippen LogP contribution in [-0.4, -0.2) is 23.0 Å². The van der Waals surface area contributed by atoms with Gasteiger partial charge in [0, 0.05) is 6.04 Å². The molecule has 0 aromatic carbocycles. The van der Waals surface area contributed by atoms with E-state index >= 15 is 0 Å². The summed E-state index contributed by atoms with van der Waals surface area (Å²) < 4.78 is 0. The number of Topliss-reactive ketones (excluding diaryl/α,β-unsaturated/α-hetero) is 1. The van der Waals surface area contributed by atoms with Crippen LogP contribution < -0.4 is 5.73 Å². The summed E-state index contributed by atoms with van der Waals surface area (Å²) in [6, 6.07) is -0.400. The molecule has 0 heterocycles. The minimum Gasteiger partial charge on any atom is -0.384 e. The largest absolute Gasteiger partial charge is 0.384 e. The van der Waals surface area contributed by atoms with E-state index < -0.39 is 12.1 Å². The monoisotopic (exact) mass is 131 g/mol. The lowest BCUT2D eigenvalue weighted by atomic mass is 10.1. The standard InChI is InChI=1S/C6H13NO2/c1-3-5(7)6(9)4(2)8/h5-6,9H,3,7H2,1-2H3/t5-,6-/m0/s1. The first-order valence-electron chi connectivity index (χ1n) is 3.03. The highest BCUT2D eigenvalue weighted by Crippen LogP contribution is 1.95. The molecular formula is C6H13NO2. The molecular weight excluding hydrogens is 118 g/mol. The Bertz CT molecular complexity index is 103. The molecule has 0 rings (SSSR count). The lowest BCUT2D eigenvalue weighted by molar-refractivity contribution is -0.125. The summed E-state index contributed by atoms with van der Waals surface area (Å²) in [6.45, 7) is 3.16. The van der Waals surface area contributed by atoms with Gasteiger partial charge in [0.2, 0.25) is 0 Å². The minimum absolute atomic E-state index is 0.260. The van der Waals surface area contributed by atoms with Crippen LogP contribution in [0.4, 0.5) is 0 Å². The number of carbonyl (C=O) groups is 1. The van der Waals surface area contributed by atoms with Crippen LogP contribution in [0, 0.1) is 0 Å². The Morgan fingerprint density at radius 3 is 2.33 bits per heavy atom. The maximum atomic E-state index is 10.4. The molecule has 0 saturated heterocycles. The van der Waals surface area contributed by atoms with Crippen molar-refractivity contribution in [3.05, 3.63) is 0 Å². The fourth-order valence-electron chi connectivity index (χ4n) is 0.525. The van der Waals surface area contributed by atoms with Crippen molar-refractivity contribution in [3.8, 4) is 0 Å². The topological polar surface area (TPSA) is 63.3 Å². The summed E-state index contributed by atoms with van der Waals surface area (Å²) in [4.78, 5) is 10.4. The van der Waals surface area contributed by atoms with Crippen LogP contribution in [0.25, 0.3) is 0 Å². The summed E-state index contributed by atoms with van der Waals surface area (Å²) in [7, 11) is 0. The van der Waals surface area contributed by atoms with Gasteiger partial charge in [-0.2, -0.15) is 0 Å². The summed E-state index contributed by atoms with van der Waals surface area (Å²) in [5, 5.41) is 8.92. The first-order chi connectivity index (χ1) is 4.09. The van der Waals surface area contributed by atoms with Crippen molar-refractivity contribution < 1.29 is 9.90 Å². The average molecular weight is 131 g/mol. The Morgan fingerprint density at radius 1 is 1.78 bits per heavy atom. The van der Waals surface area contributed by atoms with Gasteiger partial charge in [0.15, 0.2) is 5.78 Å². The van der Waals surface area contributed by atoms with Crippen molar-refractivity contribution in [3.63, 3.8) is 0 Å². The van der Waals surface area contributed by atoms with E-state index in [-0.39, 0.29) is 5.78 Å². The van der Waals surface area contributed by atoms with E-state index in [9.17, 15) is 4.79 Å². The van der Waals surface area contributed by atoms with Gasteiger partial charge in [-0.15, -0.1) is 0 Å². The zero-order chi connectivity index (χ0) is 7.44. The molecule has 0 aromatic rings. The molecule has 0 fully saturated rings. The molecule has 3 heteroatoms. The van der Waals surface area contributed by atoms with E-state index in [0.29, 0.717) is 6.42 Å². The van der Waals surface area contributed by atoms with E-state index in [0.717, 1.165) is 0 Å². The summed E-state index contributed by atoms with van der Waals surface area (Å²) in [6.07, 6.45) is -0.351. The molecule has 0 saturated carbocycles. The summed E-state index contributed by atoms with van der Waals surface area (Å²) >= 11 is 0. The molecule has 0 aliphatic rings. The lowest BCUT2D eigenvalue weighted by Gasteiger charge is -2.12. The third-order valence-electron chi connectivity index (χ3n) is 1.29. The molecule has 54 valence electrons. The molecule has 3 nitrogen and oxygen atoms in total. The fraction of sp³-hybridized carbons (Fsp3) is 0.833. The zero-order valence-electron chi connectivity index (χ0n) is 5.79. The van der Waals surface area contributed by atoms with Gasteiger partial charge < -0.3 is 10.8 Å². The highest BCUT2D eigenvalue weighted by atomic mass is 16.3.